The van der Waals surface area contributed by atoms with Crippen LogP contribution in [-0.4, -0.2) is 35.6 Å². The summed E-state index contributed by atoms with van der Waals surface area (Å²) in [6.07, 6.45) is 2.26. The third-order valence-corrected chi connectivity index (χ3v) is 4.84. The van der Waals surface area contributed by atoms with E-state index in [2.05, 4.69) is 29.2 Å². The number of hydrogen-bond acceptors (Lipinski definition) is 4. The van der Waals surface area contributed by atoms with Crippen molar-refractivity contribution in [3.63, 3.8) is 0 Å². The summed E-state index contributed by atoms with van der Waals surface area (Å²) in [5.41, 5.74) is 0.870. The van der Waals surface area contributed by atoms with Crippen molar-refractivity contribution in [2.45, 2.75) is 31.8 Å². The highest BCUT2D eigenvalue weighted by molar-refractivity contribution is 7.22. The first-order chi connectivity index (χ1) is 9.11. The molecule has 1 aromatic heterocycles. The first-order valence-corrected chi connectivity index (χ1v) is 7.46. The average Bonchev–Trinajstić information content (AvgIpc) is 2.75. The van der Waals surface area contributed by atoms with Gasteiger partial charge < -0.3 is 10.2 Å². The molecule has 3 nitrogen and oxygen atoms in total. The Morgan fingerprint density at radius 3 is 3.11 bits per heavy atom. The Balaban J connectivity index is 1.74. The molecule has 2 heterocycles. The quantitative estimate of drug-likeness (QED) is 0.914. The van der Waals surface area contributed by atoms with Gasteiger partial charge in [0.2, 0.25) is 0 Å². The maximum absolute atomic E-state index is 13.2. The topological polar surface area (TPSA) is 28.2 Å². The molecular weight excluding hydrogens is 261 g/mol. The average molecular weight is 279 g/mol. The summed E-state index contributed by atoms with van der Waals surface area (Å²) in [6.45, 7) is 3.36. The fourth-order valence-corrected chi connectivity index (χ4v) is 3.52. The molecular formula is C14H18FN3S. The van der Waals surface area contributed by atoms with Crippen molar-refractivity contribution in [2.24, 2.45) is 0 Å². The number of rotatable bonds is 2. The van der Waals surface area contributed by atoms with E-state index in [-0.39, 0.29) is 5.82 Å². The lowest BCUT2D eigenvalue weighted by Gasteiger charge is -2.35. The summed E-state index contributed by atoms with van der Waals surface area (Å²) in [5.74, 6) is -0.199. The second-order valence-corrected chi connectivity index (χ2v) is 6.36. The third-order valence-electron chi connectivity index (χ3n) is 3.89. The predicted molar refractivity (Wildman–Crippen MR) is 78.3 cm³/mol. The van der Waals surface area contributed by atoms with E-state index in [1.54, 1.807) is 12.1 Å². The first kappa shape index (κ1) is 12.8. The molecule has 1 fully saturated rings. The van der Waals surface area contributed by atoms with Gasteiger partial charge in [-0.3, -0.25) is 0 Å². The van der Waals surface area contributed by atoms with Crippen LogP contribution in [0.15, 0.2) is 18.2 Å². The van der Waals surface area contributed by atoms with Gasteiger partial charge in [0.25, 0.3) is 0 Å². The van der Waals surface area contributed by atoms with Crippen LogP contribution in [0.5, 0.6) is 0 Å². The molecule has 1 N–H and O–H groups in total. The number of fused-ring (bicyclic) bond motifs is 1. The minimum atomic E-state index is -0.199. The van der Waals surface area contributed by atoms with Crippen LogP contribution < -0.4 is 5.32 Å². The highest BCUT2D eigenvalue weighted by Crippen LogP contribution is 2.28. The number of nitrogens with zero attached hydrogens (tertiary/aromatic N) is 2. The second kappa shape index (κ2) is 5.06. The van der Waals surface area contributed by atoms with Crippen LogP contribution in [0.1, 0.15) is 19.8 Å². The molecule has 1 aliphatic rings. The Hall–Kier alpha value is -1.20. The van der Waals surface area contributed by atoms with Gasteiger partial charge in [-0.1, -0.05) is 11.3 Å². The number of nitrogens with one attached hydrogen (secondary N) is 1. The van der Waals surface area contributed by atoms with Gasteiger partial charge >= 0.3 is 0 Å². The fraction of sp³-hybridized carbons (Fsp3) is 0.500. The van der Waals surface area contributed by atoms with Gasteiger partial charge in [0, 0.05) is 18.6 Å². The summed E-state index contributed by atoms with van der Waals surface area (Å²) >= 11 is 1.53. The molecule has 0 radical (unpaired) electrons. The van der Waals surface area contributed by atoms with E-state index in [4.69, 9.17) is 0 Å². The maximum atomic E-state index is 13.2. The smallest absolute Gasteiger partial charge is 0.184 e. The summed E-state index contributed by atoms with van der Waals surface area (Å²) in [5, 5.41) is 4.40. The van der Waals surface area contributed by atoms with E-state index in [9.17, 15) is 4.39 Å². The highest BCUT2D eigenvalue weighted by Gasteiger charge is 2.23. The van der Waals surface area contributed by atoms with Crippen molar-refractivity contribution in [2.75, 3.05) is 18.9 Å². The molecule has 0 spiro atoms. The van der Waals surface area contributed by atoms with Crippen LogP contribution in [0, 0.1) is 5.82 Å². The molecule has 0 saturated carbocycles. The zero-order valence-electron chi connectivity index (χ0n) is 11.2. The molecule has 1 saturated heterocycles. The summed E-state index contributed by atoms with van der Waals surface area (Å²) < 4.78 is 14.1. The number of likely N-dealkylation sites (tertiary alicyclic amines) is 1. The largest absolute Gasteiger partial charge is 0.359 e. The number of thiazole rings is 1. The lowest BCUT2D eigenvalue weighted by molar-refractivity contribution is 0.190. The highest BCUT2D eigenvalue weighted by atomic mass is 32.1. The number of halogens is 1. The van der Waals surface area contributed by atoms with E-state index in [1.165, 1.54) is 17.4 Å². The van der Waals surface area contributed by atoms with Crippen LogP contribution in [0.3, 0.4) is 0 Å². The van der Waals surface area contributed by atoms with Gasteiger partial charge in [-0.15, -0.1) is 0 Å². The third kappa shape index (κ3) is 2.72. The van der Waals surface area contributed by atoms with E-state index in [1.807, 2.05) is 0 Å². The molecule has 2 unspecified atom stereocenters. The SMILES string of the molecule is CC1CC(Nc2nc3ccc(F)cc3s2)CCN1C. The monoisotopic (exact) mass is 279 g/mol. The van der Waals surface area contributed by atoms with Crippen molar-refractivity contribution >= 4 is 26.7 Å². The molecule has 3 rings (SSSR count). The van der Waals surface area contributed by atoms with E-state index in [0.717, 1.165) is 34.7 Å². The van der Waals surface area contributed by atoms with Gasteiger partial charge in [-0.2, -0.15) is 0 Å². The van der Waals surface area contributed by atoms with Crippen molar-refractivity contribution in [1.29, 1.82) is 0 Å². The Morgan fingerprint density at radius 2 is 2.32 bits per heavy atom. The standard InChI is InChI=1S/C14H18FN3S/c1-9-7-11(5-6-18(9)2)16-14-17-12-4-3-10(15)8-13(12)19-14/h3-4,8-9,11H,5-7H2,1-2H3,(H,16,17). The number of aromatic nitrogens is 1. The van der Waals surface area contributed by atoms with Crippen molar-refractivity contribution in [1.82, 2.24) is 9.88 Å². The van der Waals surface area contributed by atoms with Crippen LogP contribution in [0.4, 0.5) is 9.52 Å². The minimum Gasteiger partial charge on any atom is -0.359 e. The van der Waals surface area contributed by atoms with E-state index < -0.39 is 0 Å². The van der Waals surface area contributed by atoms with Gasteiger partial charge in [-0.25, -0.2) is 9.37 Å². The van der Waals surface area contributed by atoms with Crippen LogP contribution in [0.25, 0.3) is 10.2 Å². The first-order valence-electron chi connectivity index (χ1n) is 6.64. The zero-order chi connectivity index (χ0) is 13.4. The molecule has 0 aliphatic carbocycles. The van der Waals surface area contributed by atoms with Crippen molar-refractivity contribution < 1.29 is 4.39 Å². The maximum Gasteiger partial charge on any atom is 0.184 e. The molecule has 0 amide bonds. The molecule has 102 valence electrons. The lowest BCUT2D eigenvalue weighted by atomic mass is 9.99. The minimum absolute atomic E-state index is 0.199. The Labute approximate surface area is 116 Å². The molecule has 19 heavy (non-hydrogen) atoms. The van der Waals surface area contributed by atoms with E-state index >= 15 is 0 Å². The molecule has 1 aromatic carbocycles. The fourth-order valence-electron chi connectivity index (χ4n) is 2.56. The molecule has 2 aromatic rings. The molecule has 2 atom stereocenters. The number of benzene rings is 1. The van der Waals surface area contributed by atoms with Crippen LogP contribution >= 0.6 is 11.3 Å². The number of hydrogen-bond donors (Lipinski definition) is 1. The number of piperidine rings is 1. The molecule has 0 bridgehead atoms. The molecule has 1 aliphatic heterocycles. The number of anilines is 1. The van der Waals surface area contributed by atoms with Gasteiger partial charge in [0.1, 0.15) is 5.82 Å². The predicted octanol–water partition coefficient (Wildman–Crippen LogP) is 3.33. The van der Waals surface area contributed by atoms with Gasteiger partial charge in [0.15, 0.2) is 5.13 Å². The van der Waals surface area contributed by atoms with Gasteiger partial charge in [-0.05, 0) is 45.0 Å². The summed E-state index contributed by atoms with van der Waals surface area (Å²) in [4.78, 5) is 6.90. The van der Waals surface area contributed by atoms with Crippen LogP contribution in [-0.2, 0) is 0 Å². The second-order valence-electron chi connectivity index (χ2n) is 5.33. The lowest BCUT2D eigenvalue weighted by Crippen LogP contribution is -2.42. The normalized spacial score (nSPS) is 24.8. The van der Waals surface area contributed by atoms with Crippen LogP contribution in [0.2, 0.25) is 0 Å². The molecule has 5 heteroatoms. The van der Waals surface area contributed by atoms with Gasteiger partial charge in [0.05, 0.1) is 10.2 Å². The van der Waals surface area contributed by atoms with Crippen molar-refractivity contribution in [3.05, 3.63) is 24.0 Å². The zero-order valence-corrected chi connectivity index (χ0v) is 12.0. The summed E-state index contributed by atoms with van der Waals surface area (Å²) in [6, 6.07) is 5.82. The Morgan fingerprint density at radius 1 is 1.47 bits per heavy atom. The Kier molecular flexibility index (Phi) is 3.41. The summed E-state index contributed by atoms with van der Waals surface area (Å²) in [7, 11) is 2.17. The van der Waals surface area contributed by atoms with E-state index in [0.29, 0.717) is 12.1 Å². The van der Waals surface area contributed by atoms with Crippen molar-refractivity contribution in [3.8, 4) is 0 Å². The Bertz CT molecular complexity index is 583.